The number of rotatable bonds is 8. The summed E-state index contributed by atoms with van der Waals surface area (Å²) in [6.45, 7) is 7.17. The van der Waals surface area contributed by atoms with E-state index in [9.17, 15) is 14.4 Å². The van der Waals surface area contributed by atoms with Crippen LogP contribution in [0.3, 0.4) is 0 Å². The molecule has 0 saturated carbocycles. The van der Waals surface area contributed by atoms with Crippen molar-refractivity contribution in [2.45, 2.75) is 58.8 Å². The maximum atomic E-state index is 12.3. The summed E-state index contributed by atoms with van der Waals surface area (Å²) in [5, 5.41) is 2.46. The first-order valence-electron chi connectivity index (χ1n) is 8.57. The SMILES string of the molecule is CCOC(=O)CC[C@H](NC(=O)OC(C)(C)C)C(=O)OCc1ccccc1. The van der Waals surface area contributed by atoms with E-state index in [0.29, 0.717) is 0 Å². The van der Waals surface area contributed by atoms with Crippen molar-refractivity contribution in [3.05, 3.63) is 35.9 Å². The summed E-state index contributed by atoms with van der Waals surface area (Å²) in [7, 11) is 0. The van der Waals surface area contributed by atoms with Crippen molar-refractivity contribution in [3.8, 4) is 0 Å². The lowest BCUT2D eigenvalue weighted by Gasteiger charge is -2.22. The highest BCUT2D eigenvalue weighted by molar-refractivity contribution is 5.82. The van der Waals surface area contributed by atoms with E-state index in [2.05, 4.69) is 5.32 Å². The topological polar surface area (TPSA) is 90.9 Å². The molecule has 0 aliphatic rings. The summed E-state index contributed by atoms with van der Waals surface area (Å²) in [5.41, 5.74) is 0.117. The van der Waals surface area contributed by atoms with E-state index in [0.717, 1.165) is 5.56 Å². The number of nitrogens with one attached hydrogen (secondary N) is 1. The fourth-order valence-electron chi connectivity index (χ4n) is 2.02. The molecule has 0 spiro atoms. The van der Waals surface area contributed by atoms with Gasteiger partial charge in [0.05, 0.1) is 6.61 Å². The summed E-state index contributed by atoms with van der Waals surface area (Å²) in [6.07, 6.45) is -0.705. The standard InChI is InChI=1S/C19H27NO6/c1-5-24-16(21)12-11-15(20-18(23)26-19(2,3)4)17(22)25-13-14-9-7-6-8-10-14/h6-10,15H,5,11-13H2,1-4H3,(H,20,23)/t15-/m0/s1. The van der Waals surface area contributed by atoms with Gasteiger partial charge in [0.1, 0.15) is 18.2 Å². The lowest BCUT2D eigenvalue weighted by molar-refractivity contribution is -0.148. The van der Waals surface area contributed by atoms with Gasteiger partial charge in [-0.25, -0.2) is 9.59 Å². The number of alkyl carbamates (subject to hydrolysis) is 1. The first-order valence-corrected chi connectivity index (χ1v) is 8.57. The maximum Gasteiger partial charge on any atom is 0.408 e. The molecule has 7 heteroatoms. The highest BCUT2D eigenvalue weighted by Crippen LogP contribution is 2.10. The zero-order valence-electron chi connectivity index (χ0n) is 15.7. The Labute approximate surface area is 154 Å². The van der Waals surface area contributed by atoms with Gasteiger partial charge < -0.3 is 19.5 Å². The second-order valence-electron chi connectivity index (χ2n) is 6.64. The molecule has 0 bridgehead atoms. The third-order valence-electron chi connectivity index (χ3n) is 3.14. The average molecular weight is 365 g/mol. The van der Waals surface area contributed by atoms with Crippen molar-refractivity contribution in [3.63, 3.8) is 0 Å². The Morgan fingerprint density at radius 3 is 2.31 bits per heavy atom. The molecule has 1 aromatic carbocycles. The number of esters is 2. The van der Waals surface area contributed by atoms with Crippen molar-refractivity contribution in [1.82, 2.24) is 5.32 Å². The summed E-state index contributed by atoms with van der Waals surface area (Å²) >= 11 is 0. The minimum Gasteiger partial charge on any atom is -0.466 e. The summed E-state index contributed by atoms with van der Waals surface area (Å²) < 4.78 is 15.3. The molecule has 0 aliphatic carbocycles. The Hall–Kier alpha value is -2.57. The predicted octanol–water partition coefficient (Wildman–Crippen LogP) is 2.97. The van der Waals surface area contributed by atoms with Gasteiger partial charge in [-0.2, -0.15) is 0 Å². The van der Waals surface area contributed by atoms with Crippen molar-refractivity contribution >= 4 is 18.0 Å². The molecule has 0 aromatic heterocycles. The molecule has 1 rings (SSSR count). The largest absolute Gasteiger partial charge is 0.466 e. The molecule has 7 nitrogen and oxygen atoms in total. The van der Waals surface area contributed by atoms with Crippen LogP contribution in [0.5, 0.6) is 0 Å². The van der Waals surface area contributed by atoms with Crippen molar-refractivity contribution in [1.29, 1.82) is 0 Å². The number of hydrogen-bond acceptors (Lipinski definition) is 6. The van der Waals surface area contributed by atoms with Crippen LogP contribution < -0.4 is 5.32 Å². The Kier molecular flexibility index (Phi) is 8.61. The fourth-order valence-corrected chi connectivity index (χ4v) is 2.02. The fraction of sp³-hybridized carbons (Fsp3) is 0.526. The number of ether oxygens (including phenoxy) is 3. The molecule has 1 aromatic rings. The molecule has 1 amide bonds. The molecule has 26 heavy (non-hydrogen) atoms. The molecular formula is C19H27NO6. The van der Waals surface area contributed by atoms with E-state index < -0.39 is 29.7 Å². The lowest BCUT2D eigenvalue weighted by Crippen LogP contribution is -2.44. The Bertz CT molecular complexity index is 594. The van der Waals surface area contributed by atoms with E-state index in [1.165, 1.54) is 0 Å². The zero-order valence-corrected chi connectivity index (χ0v) is 15.7. The molecule has 0 aliphatic heterocycles. The quantitative estimate of drug-likeness (QED) is 0.563. The van der Waals surface area contributed by atoms with E-state index >= 15 is 0 Å². The van der Waals surface area contributed by atoms with Gasteiger partial charge in [-0.3, -0.25) is 4.79 Å². The van der Waals surface area contributed by atoms with Gasteiger partial charge in [-0.15, -0.1) is 0 Å². The second-order valence-corrected chi connectivity index (χ2v) is 6.64. The molecule has 0 saturated heterocycles. The Morgan fingerprint density at radius 1 is 1.08 bits per heavy atom. The lowest BCUT2D eigenvalue weighted by atomic mass is 10.1. The second kappa shape index (κ2) is 10.4. The number of hydrogen-bond donors (Lipinski definition) is 1. The van der Waals surface area contributed by atoms with Gasteiger partial charge in [0.15, 0.2) is 0 Å². The Morgan fingerprint density at radius 2 is 1.73 bits per heavy atom. The van der Waals surface area contributed by atoms with Gasteiger partial charge in [0.2, 0.25) is 0 Å². The van der Waals surface area contributed by atoms with E-state index in [1.54, 1.807) is 27.7 Å². The summed E-state index contributed by atoms with van der Waals surface area (Å²) in [4.78, 5) is 35.9. The molecule has 0 radical (unpaired) electrons. The maximum absolute atomic E-state index is 12.3. The van der Waals surface area contributed by atoms with Crippen LogP contribution in [-0.4, -0.2) is 36.3 Å². The molecule has 1 N–H and O–H groups in total. The predicted molar refractivity (Wildman–Crippen MR) is 95.3 cm³/mol. The van der Waals surface area contributed by atoms with Crippen LogP contribution in [0.25, 0.3) is 0 Å². The zero-order chi connectivity index (χ0) is 19.6. The van der Waals surface area contributed by atoms with Gasteiger partial charge in [-0.05, 0) is 39.7 Å². The number of benzene rings is 1. The van der Waals surface area contributed by atoms with Gasteiger partial charge in [0, 0.05) is 6.42 Å². The summed E-state index contributed by atoms with van der Waals surface area (Å²) in [6, 6.07) is 8.17. The van der Waals surface area contributed by atoms with Crippen molar-refractivity contribution in [2.75, 3.05) is 6.61 Å². The Balaban J connectivity index is 2.66. The highest BCUT2D eigenvalue weighted by atomic mass is 16.6. The van der Waals surface area contributed by atoms with Crippen molar-refractivity contribution in [2.24, 2.45) is 0 Å². The van der Waals surface area contributed by atoms with Crippen LogP contribution in [0.1, 0.15) is 46.1 Å². The average Bonchev–Trinajstić information content (AvgIpc) is 2.56. The molecular weight excluding hydrogens is 338 g/mol. The number of carbonyl (C=O) groups excluding carboxylic acids is 3. The summed E-state index contributed by atoms with van der Waals surface area (Å²) in [5.74, 6) is -1.08. The third kappa shape index (κ3) is 9.05. The number of carbonyl (C=O) groups is 3. The molecule has 1 atom stereocenters. The minimum atomic E-state index is -1.00. The van der Waals surface area contributed by atoms with Crippen molar-refractivity contribution < 1.29 is 28.6 Å². The highest BCUT2D eigenvalue weighted by Gasteiger charge is 2.26. The molecule has 0 fully saturated rings. The van der Waals surface area contributed by atoms with E-state index in [1.807, 2.05) is 30.3 Å². The first-order chi connectivity index (χ1) is 12.2. The minimum absolute atomic E-state index is 0.0191. The first kappa shape index (κ1) is 21.5. The van der Waals surface area contributed by atoms with Crippen LogP contribution in [0.4, 0.5) is 4.79 Å². The normalized spacial score (nSPS) is 12.0. The van der Waals surface area contributed by atoms with Crippen LogP contribution in [-0.2, 0) is 30.4 Å². The monoisotopic (exact) mass is 365 g/mol. The molecule has 0 unspecified atom stereocenters. The van der Waals surface area contributed by atoms with Gasteiger partial charge in [-0.1, -0.05) is 30.3 Å². The van der Waals surface area contributed by atoms with E-state index in [-0.39, 0.29) is 26.1 Å². The molecule has 0 heterocycles. The molecule has 144 valence electrons. The van der Waals surface area contributed by atoms with Crippen LogP contribution in [0.2, 0.25) is 0 Å². The van der Waals surface area contributed by atoms with Crippen LogP contribution in [0, 0.1) is 0 Å². The third-order valence-corrected chi connectivity index (χ3v) is 3.14. The van der Waals surface area contributed by atoms with Crippen LogP contribution in [0.15, 0.2) is 30.3 Å². The number of amides is 1. The van der Waals surface area contributed by atoms with E-state index in [4.69, 9.17) is 14.2 Å². The van der Waals surface area contributed by atoms with Gasteiger partial charge >= 0.3 is 18.0 Å². The van der Waals surface area contributed by atoms with Crippen LogP contribution >= 0.6 is 0 Å². The smallest absolute Gasteiger partial charge is 0.408 e. The van der Waals surface area contributed by atoms with Gasteiger partial charge in [0.25, 0.3) is 0 Å².